The molecule has 3 N–H and O–H groups in total. The first kappa shape index (κ1) is 26.5. The number of hydrogen-bond acceptors (Lipinski definition) is 9. The number of nitrogens with one attached hydrogen (secondary N) is 1. The SMILES string of the molecule is CC(C)OC(=O)[C@H](C)NC/C(COc1ccccc1)=P\CO[C@H](C)Cn1cnc2c(N)ncnc21. The maximum Gasteiger partial charge on any atom is 0.323 e. The van der Waals surface area contributed by atoms with Crippen molar-refractivity contribution in [3.8, 4) is 5.75 Å². The van der Waals surface area contributed by atoms with Gasteiger partial charge in [-0.15, -0.1) is 0 Å². The number of anilines is 1. The van der Waals surface area contributed by atoms with Gasteiger partial charge in [0, 0.05) is 11.8 Å². The van der Waals surface area contributed by atoms with Gasteiger partial charge >= 0.3 is 5.97 Å². The van der Waals surface area contributed by atoms with Gasteiger partial charge < -0.3 is 29.8 Å². The molecule has 0 radical (unpaired) electrons. The third-order valence-corrected chi connectivity index (χ3v) is 6.01. The van der Waals surface area contributed by atoms with Crippen molar-refractivity contribution in [2.24, 2.45) is 0 Å². The zero-order valence-corrected chi connectivity index (χ0v) is 21.4. The molecule has 2 aromatic heterocycles. The van der Waals surface area contributed by atoms with Crippen LogP contribution in [-0.4, -0.2) is 68.5 Å². The lowest BCUT2D eigenvalue weighted by molar-refractivity contribution is -0.149. The molecule has 0 amide bonds. The number of esters is 1. The molecule has 0 unspecified atom stereocenters. The summed E-state index contributed by atoms with van der Waals surface area (Å²) in [5.41, 5.74) is 7.13. The minimum Gasteiger partial charge on any atom is -0.489 e. The number of imidazole rings is 1. The van der Waals surface area contributed by atoms with E-state index in [9.17, 15) is 4.79 Å². The van der Waals surface area contributed by atoms with E-state index in [-0.39, 0.29) is 18.2 Å². The fourth-order valence-electron chi connectivity index (χ4n) is 3.14. The van der Waals surface area contributed by atoms with Gasteiger partial charge in [-0.25, -0.2) is 15.0 Å². The van der Waals surface area contributed by atoms with Crippen LogP contribution in [0.3, 0.4) is 0 Å². The highest BCUT2D eigenvalue weighted by Crippen LogP contribution is 2.16. The van der Waals surface area contributed by atoms with Crippen LogP contribution in [0.4, 0.5) is 5.82 Å². The summed E-state index contributed by atoms with van der Waals surface area (Å²) < 4.78 is 19.2. The van der Waals surface area contributed by atoms with Crippen LogP contribution in [0.2, 0.25) is 0 Å². The molecule has 0 fully saturated rings. The molecule has 3 rings (SSSR count). The van der Waals surface area contributed by atoms with Crippen molar-refractivity contribution < 1.29 is 19.0 Å². The second kappa shape index (κ2) is 13.1. The molecule has 11 heteroatoms. The van der Waals surface area contributed by atoms with E-state index in [0.29, 0.717) is 43.0 Å². The Kier molecular flexibility index (Phi) is 9.96. The summed E-state index contributed by atoms with van der Waals surface area (Å²) in [6.07, 6.45) is 3.37. The van der Waals surface area contributed by atoms with Crippen molar-refractivity contribution in [1.82, 2.24) is 24.8 Å². The third-order valence-electron chi connectivity index (χ3n) is 5.00. The molecule has 2 heterocycles. The van der Waals surface area contributed by atoms with Gasteiger partial charge in [0.15, 0.2) is 11.5 Å². The summed E-state index contributed by atoms with van der Waals surface area (Å²) in [5.74, 6) is 0.870. The van der Waals surface area contributed by atoms with Crippen LogP contribution >= 0.6 is 8.20 Å². The molecular formula is C24H33N6O4P. The molecule has 10 nitrogen and oxygen atoms in total. The molecule has 0 aliphatic carbocycles. The maximum atomic E-state index is 12.1. The number of carbonyl (C=O) groups is 1. The topological polar surface area (TPSA) is 126 Å². The van der Waals surface area contributed by atoms with Crippen molar-refractivity contribution in [2.45, 2.75) is 52.5 Å². The minimum absolute atomic E-state index is 0.0831. The van der Waals surface area contributed by atoms with Crippen LogP contribution in [0.5, 0.6) is 5.75 Å². The predicted octanol–water partition coefficient (Wildman–Crippen LogP) is 2.90. The fourth-order valence-corrected chi connectivity index (χ4v) is 4.01. The van der Waals surface area contributed by atoms with Gasteiger partial charge in [0.05, 0.1) is 31.4 Å². The van der Waals surface area contributed by atoms with Gasteiger partial charge in [0.25, 0.3) is 0 Å². The predicted molar refractivity (Wildman–Crippen MR) is 138 cm³/mol. The lowest BCUT2D eigenvalue weighted by atomic mass is 10.3. The van der Waals surface area contributed by atoms with Crippen LogP contribution in [0.15, 0.2) is 43.0 Å². The number of benzene rings is 1. The largest absolute Gasteiger partial charge is 0.489 e. The van der Waals surface area contributed by atoms with E-state index in [0.717, 1.165) is 19.2 Å². The van der Waals surface area contributed by atoms with Gasteiger partial charge in [-0.05, 0) is 39.8 Å². The lowest BCUT2D eigenvalue weighted by Gasteiger charge is -2.17. The lowest BCUT2D eigenvalue weighted by Crippen LogP contribution is -2.40. The standard InChI is InChI=1S/C24H33N6O4P/c1-16(2)34-24(31)18(4)26-10-20(12-32-19-8-6-5-7-9-19)35-15-33-17(3)11-30-14-29-21-22(25)27-13-28-23(21)30/h5-9,13-14,16-18,26H,10-12,15H2,1-4H3,(H2,25,27,28)/t17-,18+/m1/s1. The second-order valence-corrected chi connectivity index (χ2v) is 9.56. The molecule has 35 heavy (non-hydrogen) atoms. The maximum absolute atomic E-state index is 12.1. The Morgan fingerprint density at radius 2 is 1.91 bits per heavy atom. The summed E-state index contributed by atoms with van der Waals surface area (Å²) in [6.45, 7) is 8.95. The average Bonchev–Trinajstić information content (AvgIpc) is 3.24. The second-order valence-electron chi connectivity index (χ2n) is 8.35. The monoisotopic (exact) mass is 500 g/mol. The zero-order valence-electron chi connectivity index (χ0n) is 20.5. The Balaban J connectivity index is 1.57. The molecule has 1 aromatic carbocycles. The molecule has 0 spiro atoms. The average molecular weight is 501 g/mol. The molecule has 0 aliphatic rings. The summed E-state index contributed by atoms with van der Waals surface area (Å²) in [4.78, 5) is 24.7. The van der Waals surface area contributed by atoms with E-state index in [4.69, 9.17) is 19.9 Å². The quantitative estimate of drug-likeness (QED) is 0.269. The summed E-state index contributed by atoms with van der Waals surface area (Å²) in [7, 11) is 0.964. The molecule has 3 aromatic rings. The van der Waals surface area contributed by atoms with Crippen molar-refractivity contribution in [3.05, 3.63) is 43.0 Å². The number of nitrogen functional groups attached to an aromatic ring is 1. The van der Waals surface area contributed by atoms with Crippen LogP contribution in [0.1, 0.15) is 27.7 Å². The number of nitrogens with two attached hydrogens (primary N) is 1. The molecule has 0 bridgehead atoms. The summed E-state index contributed by atoms with van der Waals surface area (Å²) in [5, 5.41) is 4.29. The minimum atomic E-state index is -0.428. The van der Waals surface area contributed by atoms with E-state index < -0.39 is 6.04 Å². The van der Waals surface area contributed by atoms with Crippen molar-refractivity contribution in [1.29, 1.82) is 0 Å². The smallest absolute Gasteiger partial charge is 0.323 e. The highest BCUT2D eigenvalue weighted by Gasteiger charge is 2.16. The Hall–Kier alpha value is -3.07. The zero-order chi connectivity index (χ0) is 25.2. The Labute approximate surface area is 207 Å². The number of carbonyl (C=O) groups excluding carboxylic acids is 1. The molecule has 0 aliphatic heterocycles. The van der Waals surface area contributed by atoms with Crippen LogP contribution in [0, 0.1) is 0 Å². The van der Waals surface area contributed by atoms with E-state index in [2.05, 4.69) is 20.3 Å². The van der Waals surface area contributed by atoms with E-state index in [1.165, 1.54) is 6.33 Å². The number of aromatic nitrogens is 4. The highest BCUT2D eigenvalue weighted by atomic mass is 31.1. The van der Waals surface area contributed by atoms with Crippen molar-refractivity contribution >= 4 is 36.4 Å². The van der Waals surface area contributed by atoms with Crippen molar-refractivity contribution in [2.75, 3.05) is 25.2 Å². The van der Waals surface area contributed by atoms with Gasteiger partial charge in [0.1, 0.15) is 30.2 Å². The number of para-hydroxylation sites is 1. The Bertz CT molecular complexity index is 1120. The first-order valence-electron chi connectivity index (χ1n) is 11.5. The van der Waals surface area contributed by atoms with Gasteiger partial charge in [-0.1, -0.05) is 26.4 Å². The highest BCUT2D eigenvalue weighted by molar-refractivity contribution is 7.40. The van der Waals surface area contributed by atoms with Crippen molar-refractivity contribution in [3.63, 3.8) is 0 Å². The molecule has 0 saturated heterocycles. The van der Waals surface area contributed by atoms with Crippen LogP contribution in [0.25, 0.3) is 11.2 Å². The van der Waals surface area contributed by atoms with E-state index >= 15 is 0 Å². The number of hydrogen-bond donors (Lipinski definition) is 2. The van der Waals surface area contributed by atoms with Gasteiger partial charge in [0.2, 0.25) is 0 Å². The van der Waals surface area contributed by atoms with Gasteiger partial charge in [-0.2, -0.15) is 0 Å². The number of rotatable bonds is 13. The third kappa shape index (κ3) is 8.28. The van der Waals surface area contributed by atoms with Crippen LogP contribution in [-0.2, 0) is 20.8 Å². The first-order valence-corrected chi connectivity index (χ1v) is 12.6. The Morgan fingerprint density at radius 1 is 1.14 bits per heavy atom. The first-order chi connectivity index (χ1) is 16.8. The van der Waals surface area contributed by atoms with E-state index in [1.54, 1.807) is 13.3 Å². The number of nitrogens with zero attached hydrogens (tertiary/aromatic N) is 4. The van der Waals surface area contributed by atoms with E-state index in [1.807, 2.05) is 55.7 Å². The van der Waals surface area contributed by atoms with Crippen LogP contribution < -0.4 is 15.8 Å². The summed E-state index contributed by atoms with van der Waals surface area (Å²) >= 11 is 0. The molecule has 2 atom stereocenters. The summed E-state index contributed by atoms with van der Waals surface area (Å²) in [6, 6.07) is 9.20. The number of fused-ring (bicyclic) bond motifs is 1. The van der Waals surface area contributed by atoms with Gasteiger partial charge in [-0.3, -0.25) is 4.79 Å². The molecular weight excluding hydrogens is 467 g/mol. The fraction of sp³-hybridized carbons (Fsp3) is 0.458. The molecule has 0 saturated carbocycles. The molecule has 188 valence electrons. The normalized spacial score (nSPS) is 13.7. The number of ether oxygens (including phenoxy) is 3. The Morgan fingerprint density at radius 3 is 2.66 bits per heavy atom.